The summed E-state index contributed by atoms with van der Waals surface area (Å²) in [5.74, 6) is -0.800. The third kappa shape index (κ3) is 1.84. The topological polar surface area (TPSA) is 78.5 Å². The Kier molecular flexibility index (Phi) is 2.93. The Balaban J connectivity index is 1.90. The number of fused-ring (bicyclic) bond motifs is 1. The van der Waals surface area contributed by atoms with E-state index in [0.29, 0.717) is 18.5 Å². The van der Waals surface area contributed by atoms with E-state index in [1.54, 1.807) is 18.0 Å². The number of hydrogen-bond donors (Lipinski definition) is 2. The highest BCUT2D eigenvalue weighted by Gasteiger charge is 2.39. The van der Waals surface area contributed by atoms with Gasteiger partial charge in [-0.3, -0.25) is 19.7 Å². The van der Waals surface area contributed by atoms with Gasteiger partial charge in [0.1, 0.15) is 6.04 Å². The number of nitrogens with one attached hydrogen (secondary N) is 2. The number of hydrogen-bond acceptors (Lipinski definition) is 4. The first-order valence-corrected chi connectivity index (χ1v) is 6.56. The molecule has 6 heteroatoms. The second-order valence-electron chi connectivity index (χ2n) is 4.98. The van der Waals surface area contributed by atoms with Gasteiger partial charge < -0.3 is 10.2 Å². The molecule has 20 heavy (non-hydrogen) atoms. The smallest absolute Gasteiger partial charge is 0.255 e. The van der Waals surface area contributed by atoms with Crippen LogP contribution in [0.25, 0.3) is 0 Å². The molecular weight excluding hydrogens is 258 g/mol. The highest BCUT2D eigenvalue weighted by atomic mass is 16.2. The highest BCUT2D eigenvalue weighted by Crippen LogP contribution is 2.31. The molecular formula is C14H15N3O3. The lowest BCUT2D eigenvalue weighted by Gasteiger charge is -2.29. The number of imide groups is 1. The third-order valence-corrected chi connectivity index (χ3v) is 3.85. The van der Waals surface area contributed by atoms with Crippen LogP contribution in [0, 0.1) is 0 Å². The monoisotopic (exact) mass is 273 g/mol. The fraction of sp³-hybridized carbons (Fsp3) is 0.357. The van der Waals surface area contributed by atoms with Gasteiger partial charge in [0, 0.05) is 36.8 Å². The van der Waals surface area contributed by atoms with Gasteiger partial charge in [0.05, 0.1) is 0 Å². The van der Waals surface area contributed by atoms with Crippen molar-refractivity contribution in [2.45, 2.75) is 25.4 Å². The summed E-state index contributed by atoms with van der Waals surface area (Å²) in [5, 5.41) is 5.35. The zero-order valence-electron chi connectivity index (χ0n) is 11.1. The molecule has 104 valence electrons. The number of rotatable bonds is 2. The van der Waals surface area contributed by atoms with E-state index in [0.717, 1.165) is 11.3 Å². The lowest BCUT2D eigenvalue weighted by Crippen LogP contribution is -2.52. The Hall–Kier alpha value is -2.37. The summed E-state index contributed by atoms with van der Waals surface area (Å²) in [4.78, 5) is 37.1. The molecule has 2 aliphatic rings. The van der Waals surface area contributed by atoms with Crippen LogP contribution in [0.15, 0.2) is 18.2 Å². The molecule has 1 aromatic carbocycles. The third-order valence-electron chi connectivity index (χ3n) is 3.85. The van der Waals surface area contributed by atoms with Crippen molar-refractivity contribution in [3.05, 3.63) is 29.3 Å². The van der Waals surface area contributed by atoms with Crippen molar-refractivity contribution in [1.29, 1.82) is 0 Å². The van der Waals surface area contributed by atoms with Gasteiger partial charge >= 0.3 is 0 Å². The Morgan fingerprint density at radius 2 is 2.10 bits per heavy atom. The number of nitrogens with zero attached hydrogens (tertiary/aromatic N) is 1. The molecule has 2 N–H and O–H groups in total. The molecule has 2 heterocycles. The second-order valence-corrected chi connectivity index (χ2v) is 4.98. The number of benzene rings is 1. The van der Waals surface area contributed by atoms with Crippen LogP contribution >= 0.6 is 0 Å². The van der Waals surface area contributed by atoms with Gasteiger partial charge in [0.15, 0.2) is 0 Å². The molecule has 1 aromatic rings. The average Bonchev–Trinajstić information content (AvgIpc) is 2.76. The molecule has 0 saturated carbocycles. The van der Waals surface area contributed by atoms with Crippen LogP contribution in [0.1, 0.15) is 28.8 Å². The van der Waals surface area contributed by atoms with E-state index in [9.17, 15) is 14.4 Å². The maximum absolute atomic E-state index is 12.4. The molecule has 0 radical (unpaired) electrons. The van der Waals surface area contributed by atoms with Crippen molar-refractivity contribution in [2.75, 3.05) is 12.4 Å². The van der Waals surface area contributed by atoms with E-state index in [4.69, 9.17) is 0 Å². The molecule has 3 amide bonds. The van der Waals surface area contributed by atoms with E-state index in [-0.39, 0.29) is 24.1 Å². The van der Waals surface area contributed by atoms with Gasteiger partial charge in [-0.2, -0.15) is 0 Å². The van der Waals surface area contributed by atoms with Crippen LogP contribution in [0.2, 0.25) is 0 Å². The molecule has 0 aliphatic carbocycles. The summed E-state index contributed by atoms with van der Waals surface area (Å²) in [5.41, 5.74) is 2.43. The fourth-order valence-corrected chi connectivity index (χ4v) is 2.82. The number of anilines is 1. The van der Waals surface area contributed by atoms with Gasteiger partial charge in [0.2, 0.25) is 11.8 Å². The van der Waals surface area contributed by atoms with Crippen molar-refractivity contribution in [3.8, 4) is 0 Å². The Labute approximate surface area is 116 Å². The van der Waals surface area contributed by atoms with Crippen LogP contribution < -0.4 is 10.6 Å². The molecule has 6 nitrogen and oxygen atoms in total. The van der Waals surface area contributed by atoms with Gasteiger partial charge in [-0.05, 0) is 18.6 Å². The fourth-order valence-electron chi connectivity index (χ4n) is 2.82. The van der Waals surface area contributed by atoms with Crippen molar-refractivity contribution in [3.63, 3.8) is 0 Å². The SMILES string of the molecule is CNc1cccc2c1CN([C@H]1CCC(=O)NC1=O)C2=O. The van der Waals surface area contributed by atoms with Gasteiger partial charge in [-0.1, -0.05) is 6.07 Å². The summed E-state index contributed by atoms with van der Waals surface area (Å²) in [6.07, 6.45) is 0.661. The number of carbonyl (C=O) groups excluding carboxylic acids is 3. The summed E-state index contributed by atoms with van der Waals surface area (Å²) < 4.78 is 0. The lowest BCUT2D eigenvalue weighted by atomic mass is 10.0. The average molecular weight is 273 g/mol. The van der Waals surface area contributed by atoms with Crippen molar-refractivity contribution < 1.29 is 14.4 Å². The normalized spacial score (nSPS) is 21.8. The summed E-state index contributed by atoms with van der Waals surface area (Å²) >= 11 is 0. The molecule has 1 atom stereocenters. The first kappa shape index (κ1) is 12.7. The zero-order chi connectivity index (χ0) is 14.3. The summed E-state index contributed by atoms with van der Waals surface area (Å²) in [6, 6.07) is 4.93. The number of carbonyl (C=O) groups is 3. The van der Waals surface area contributed by atoms with E-state index >= 15 is 0 Å². The first-order chi connectivity index (χ1) is 9.61. The molecule has 1 saturated heterocycles. The maximum atomic E-state index is 12.4. The van der Waals surface area contributed by atoms with Gasteiger partial charge in [-0.25, -0.2) is 0 Å². The van der Waals surface area contributed by atoms with E-state index in [2.05, 4.69) is 10.6 Å². The Bertz CT molecular complexity index is 612. The van der Waals surface area contributed by atoms with E-state index < -0.39 is 6.04 Å². The highest BCUT2D eigenvalue weighted by molar-refractivity contribution is 6.06. The van der Waals surface area contributed by atoms with E-state index in [1.165, 1.54) is 0 Å². The van der Waals surface area contributed by atoms with Crippen molar-refractivity contribution in [1.82, 2.24) is 10.2 Å². The summed E-state index contributed by atoms with van der Waals surface area (Å²) in [6.45, 7) is 0.400. The second kappa shape index (κ2) is 4.63. The minimum atomic E-state index is -0.558. The minimum absolute atomic E-state index is 0.147. The van der Waals surface area contributed by atoms with Crippen LogP contribution in [0.3, 0.4) is 0 Å². The molecule has 2 aliphatic heterocycles. The predicted molar refractivity (Wildman–Crippen MR) is 72.0 cm³/mol. The molecule has 0 unspecified atom stereocenters. The van der Waals surface area contributed by atoms with Crippen LogP contribution in [0.4, 0.5) is 5.69 Å². The molecule has 0 bridgehead atoms. The minimum Gasteiger partial charge on any atom is -0.388 e. The zero-order valence-corrected chi connectivity index (χ0v) is 11.1. The Morgan fingerprint density at radius 3 is 2.80 bits per heavy atom. The molecule has 0 spiro atoms. The molecule has 3 rings (SSSR count). The predicted octanol–water partition coefficient (Wildman–Crippen LogP) is 0.489. The Morgan fingerprint density at radius 1 is 1.30 bits per heavy atom. The summed E-state index contributed by atoms with van der Waals surface area (Å²) in [7, 11) is 1.80. The molecule has 0 aromatic heterocycles. The number of amides is 3. The number of piperidine rings is 1. The van der Waals surface area contributed by atoms with Crippen molar-refractivity contribution >= 4 is 23.4 Å². The standard InChI is InChI=1S/C14H15N3O3/c1-15-10-4-2-3-8-9(10)7-17(14(8)20)11-5-6-12(18)16-13(11)19/h2-4,11,15H,5-7H2,1H3,(H,16,18,19)/t11-/m0/s1. The van der Waals surface area contributed by atoms with Gasteiger partial charge in [0.25, 0.3) is 5.91 Å². The quantitative estimate of drug-likeness (QED) is 0.769. The van der Waals surface area contributed by atoms with E-state index in [1.807, 2.05) is 12.1 Å². The van der Waals surface area contributed by atoms with Crippen LogP contribution in [0.5, 0.6) is 0 Å². The van der Waals surface area contributed by atoms with Crippen LogP contribution in [-0.2, 0) is 16.1 Å². The van der Waals surface area contributed by atoms with Gasteiger partial charge in [-0.15, -0.1) is 0 Å². The first-order valence-electron chi connectivity index (χ1n) is 6.56. The molecule has 1 fully saturated rings. The maximum Gasteiger partial charge on any atom is 0.255 e. The lowest BCUT2D eigenvalue weighted by molar-refractivity contribution is -0.136. The largest absolute Gasteiger partial charge is 0.388 e. The van der Waals surface area contributed by atoms with Crippen molar-refractivity contribution in [2.24, 2.45) is 0 Å². The van der Waals surface area contributed by atoms with Crippen LogP contribution in [-0.4, -0.2) is 35.7 Å².